The van der Waals surface area contributed by atoms with Gasteiger partial charge in [-0.25, -0.2) is 4.79 Å². The third kappa shape index (κ3) is 3.92. The van der Waals surface area contributed by atoms with Crippen LogP contribution in [0.1, 0.15) is 52.0 Å². The Hall–Kier alpha value is -1.84. The highest BCUT2D eigenvalue weighted by Gasteiger charge is 2.38. The summed E-state index contributed by atoms with van der Waals surface area (Å²) in [5, 5.41) is 0. The largest absolute Gasteiger partial charge is 0.444 e. The number of hydrogen-bond acceptors (Lipinski definition) is 3. The Morgan fingerprint density at radius 3 is 2.87 bits per heavy atom. The molecule has 1 aromatic rings. The number of nitrogens with zero attached hydrogens (tertiary/aromatic N) is 2. The fourth-order valence-electron chi connectivity index (χ4n) is 3.61. The molecule has 3 rings (SSSR count). The first-order valence-corrected chi connectivity index (χ1v) is 8.52. The number of aromatic nitrogens is 1. The lowest BCUT2D eigenvalue weighted by Gasteiger charge is -2.45. The van der Waals surface area contributed by atoms with Gasteiger partial charge in [0.25, 0.3) is 0 Å². The minimum absolute atomic E-state index is 0.163. The van der Waals surface area contributed by atoms with Gasteiger partial charge in [0.2, 0.25) is 0 Å². The molecule has 4 nitrogen and oxygen atoms in total. The molecule has 2 unspecified atom stereocenters. The van der Waals surface area contributed by atoms with Gasteiger partial charge in [-0.2, -0.15) is 0 Å². The van der Waals surface area contributed by atoms with Gasteiger partial charge < -0.3 is 4.74 Å². The topological polar surface area (TPSA) is 42.4 Å². The Balaban J connectivity index is 1.75. The van der Waals surface area contributed by atoms with Crippen molar-refractivity contribution >= 4 is 6.09 Å². The van der Waals surface area contributed by atoms with E-state index in [0.717, 1.165) is 25.7 Å². The van der Waals surface area contributed by atoms with Crippen LogP contribution >= 0.6 is 0 Å². The lowest BCUT2D eigenvalue weighted by atomic mass is 9.83. The summed E-state index contributed by atoms with van der Waals surface area (Å²) in [5.74, 6) is 0. The highest BCUT2D eigenvalue weighted by atomic mass is 16.6. The van der Waals surface area contributed by atoms with Crippen LogP contribution in [0.4, 0.5) is 4.79 Å². The van der Waals surface area contributed by atoms with Crippen LogP contribution in [0.15, 0.2) is 36.2 Å². The molecule has 1 aromatic heterocycles. The van der Waals surface area contributed by atoms with Gasteiger partial charge in [0, 0.05) is 18.4 Å². The molecule has 0 N–H and O–H groups in total. The number of piperidine rings is 1. The summed E-state index contributed by atoms with van der Waals surface area (Å²) in [6.07, 6.45) is 11.0. The van der Waals surface area contributed by atoms with Crippen LogP contribution in [-0.2, 0) is 11.2 Å². The van der Waals surface area contributed by atoms with Crippen molar-refractivity contribution in [3.63, 3.8) is 0 Å². The molecule has 2 aliphatic rings. The van der Waals surface area contributed by atoms with Gasteiger partial charge in [-0.15, -0.1) is 0 Å². The van der Waals surface area contributed by atoms with Gasteiger partial charge in [-0.1, -0.05) is 17.7 Å². The molecule has 0 aliphatic carbocycles. The van der Waals surface area contributed by atoms with Gasteiger partial charge in [-0.05, 0) is 64.5 Å². The second-order valence-electron chi connectivity index (χ2n) is 7.61. The fourth-order valence-corrected chi connectivity index (χ4v) is 3.61. The molecule has 1 amide bonds. The van der Waals surface area contributed by atoms with E-state index >= 15 is 0 Å². The van der Waals surface area contributed by atoms with E-state index in [2.05, 4.69) is 17.1 Å². The summed E-state index contributed by atoms with van der Waals surface area (Å²) in [6.45, 7) is 5.77. The van der Waals surface area contributed by atoms with E-state index < -0.39 is 5.60 Å². The van der Waals surface area contributed by atoms with Crippen molar-refractivity contribution in [1.29, 1.82) is 0 Å². The first kappa shape index (κ1) is 16.0. The summed E-state index contributed by atoms with van der Waals surface area (Å²) in [7, 11) is 0. The van der Waals surface area contributed by atoms with E-state index in [1.807, 2.05) is 37.9 Å². The van der Waals surface area contributed by atoms with Crippen molar-refractivity contribution in [3.05, 3.63) is 41.7 Å². The average Bonchev–Trinajstić information content (AvgIpc) is 2.45. The predicted octanol–water partition coefficient (Wildman–Crippen LogP) is 4.11. The summed E-state index contributed by atoms with van der Waals surface area (Å²) in [5.41, 5.74) is 2.22. The van der Waals surface area contributed by atoms with Crippen LogP contribution in [-0.4, -0.2) is 33.7 Å². The standard InChI is InChI=1S/C19H26N2O2/c1-19(2,3)23-18(22)21-16-7-4-8-17(21)12-15(11-16)10-14-6-5-9-20-13-14/h5-6,9,11,13,16-17H,4,7-8,10,12H2,1-3H3. The van der Waals surface area contributed by atoms with Crippen molar-refractivity contribution < 1.29 is 9.53 Å². The normalized spacial score (nSPS) is 24.1. The van der Waals surface area contributed by atoms with Gasteiger partial charge >= 0.3 is 6.09 Å². The lowest BCUT2D eigenvalue weighted by Crippen LogP contribution is -2.53. The van der Waals surface area contributed by atoms with Gasteiger partial charge in [0.05, 0.1) is 6.04 Å². The zero-order chi connectivity index (χ0) is 16.4. The number of rotatable bonds is 2. The van der Waals surface area contributed by atoms with Crippen LogP contribution < -0.4 is 0 Å². The summed E-state index contributed by atoms with van der Waals surface area (Å²) >= 11 is 0. The van der Waals surface area contributed by atoms with E-state index in [4.69, 9.17) is 4.74 Å². The highest BCUT2D eigenvalue weighted by molar-refractivity contribution is 5.70. The second-order valence-corrected chi connectivity index (χ2v) is 7.61. The molecular weight excluding hydrogens is 288 g/mol. The van der Waals surface area contributed by atoms with Crippen LogP contribution in [0, 0.1) is 0 Å². The number of carbonyl (C=O) groups excluding carboxylic acids is 1. The number of ether oxygens (including phenoxy) is 1. The van der Waals surface area contributed by atoms with E-state index in [1.54, 1.807) is 6.20 Å². The molecule has 1 saturated heterocycles. The maximum atomic E-state index is 12.6. The Labute approximate surface area is 138 Å². The van der Waals surface area contributed by atoms with Gasteiger partial charge in [0.1, 0.15) is 5.60 Å². The van der Waals surface area contributed by atoms with E-state index in [1.165, 1.54) is 17.6 Å². The molecule has 0 radical (unpaired) electrons. The first-order valence-electron chi connectivity index (χ1n) is 8.52. The first-order chi connectivity index (χ1) is 10.9. The highest BCUT2D eigenvalue weighted by Crippen LogP contribution is 2.35. The van der Waals surface area contributed by atoms with E-state index in [-0.39, 0.29) is 18.2 Å². The van der Waals surface area contributed by atoms with E-state index in [9.17, 15) is 4.79 Å². The Kier molecular flexibility index (Phi) is 4.42. The maximum Gasteiger partial charge on any atom is 0.411 e. The average molecular weight is 314 g/mol. The summed E-state index contributed by atoms with van der Waals surface area (Å²) in [4.78, 5) is 18.7. The van der Waals surface area contributed by atoms with Crippen LogP contribution in [0.25, 0.3) is 0 Å². The Morgan fingerprint density at radius 2 is 2.22 bits per heavy atom. The van der Waals surface area contributed by atoms with Crippen molar-refractivity contribution in [3.8, 4) is 0 Å². The van der Waals surface area contributed by atoms with Gasteiger partial charge in [-0.3, -0.25) is 9.88 Å². The molecule has 2 atom stereocenters. The molecule has 4 heteroatoms. The number of fused-ring (bicyclic) bond motifs is 2. The second kappa shape index (κ2) is 6.34. The van der Waals surface area contributed by atoms with Crippen molar-refractivity contribution in [2.75, 3.05) is 0 Å². The number of pyridine rings is 1. The number of carbonyl (C=O) groups is 1. The van der Waals surface area contributed by atoms with E-state index in [0.29, 0.717) is 0 Å². The van der Waals surface area contributed by atoms with Crippen molar-refractivity contribution in [2.24, 2.45) is 0 Å². The third-order valence-corrected chi connectivity index (χ3v) is 4.47. The minimum atomic E-state index is -0.439. The molecule has 1 fully saturated rings. The van der Waals surface area contributed by atoms with Crippen molar-refractivity contribution in [1.82, 2.24) is 9.88 Å². The lowest BCUT2D eigenvalue weighted by molar-refractivity contribution is -0.00150. The van der Waals surface area contributed by atoms with Crippen LogP contribution in [0.2, 0.25) is 0 Å². The SMILES string of the molecule is CC(C)(C)OC(=O)N1C2C=C(Cc3cccnc3)CC1CCC2. The summed E-state index contributed by atoms with van der Waals surface area (Å²) in [6, 6.07) is 4.56. The van der Waals surface area contributed by atoms with Crippen LogP contribution in [0.3, 0.4) is 0 Å². The molecule has 3 heterocycles. The Bertz CT molecular complexity index is 589. The fraction of sp³-hybridized carbons (Fsp3) is 0.579. The van der Waals surface area contributed by atoms with Crippen LogP contribution in [0.5, 0.6) is 0 Å². The third-order valence-electron chi connectivity index (χ3n) is 4.47. The molecule has 23 heavy (non-hydrogen) atoms. The molecule has 2 aliphatic heterocycles. The summed E-state index contributed by atoms with van der Waals surface area (Å²) < 4.78 is 5.61. The zero-order valence-corrected chi connectivity index (χ0v) is 14.3. The Morgan fingerprint density at radius 1 is 1.39 bits per heavy atom. The van der Waals surface area contributed by atoms with Crippen molar-refractivity contribution in [2.45, 2.75) is 70.6 Å². The molecule has 0 aromatic carbocycles. The molecule has 124 valence electrons. The van der Waals surface area contributed by atoms with Gasteiger partial charge in [0.15, 0.2) is 0 Å². The monoisotopic (exact) mass is 314 g/mol. The quantitative estimate of drug-likeness (QED) is 0.771. The molecule has 0 spiro atoms. The molecular formula is C19H26N2O2. The predicted molar refractivity (Wildman–Crippen MR) is 90.1 cm³/mol. The smallest absolute Gasteiger partial charge is 0.411 e. The molecule has 2 bridgehead atoms. The number of amides is 1. The zero-order valence-electron chi connectivity index (χ0n) is 14.3. The minimum Gasteiger partial charge on any atom is -0.444 e. The number of hydrogen-bond donors (Lipinski definition) is 0. The maximum absolute atomic E-state index is 12.6. The molecule has 0 saturated carbocycles.